The highest BCUT2D eigenvalue weighted by Crippen LogP contribution is 2.15. The molecule has 1 aromatic heterocycles. The zero-order chi connectivity index (χ0) is 17.6. The topological polar surface area (TPSA) is 66.9 Å². The Morgan fingerprint density at radius 1 is 1.08 bits per heavy atom. The summed E-state index contributed by atoms with van der Waals surface area (Å²) in [5, 5.41) is 5.88. The fourth-order valence-electron chi connectivity index (χ4n) is 2.33. The van der Waals surface area contributed by atoms with Crippen LogP contribution in [0.4, 0.5) is 16.0 Å². The minimum atomic E-state index is -0.253. The summed E-state index contributed by atoms with van der Waals surface area (Å²) in [6.07, 6.45) is 3.27. The van der Waals surface area contributed by atoms with Crippen LogP contribution in [0.15, 0.2) is 60.9 Å². The third kappa shape index (κ3) is 4.38. The molecule has 6 heteroatoms. The molecular weight excluding hydrogens is 319 g/mol. The Hall–Kier alpha value is -3.28. The SMILES string of the molecule is Cc1cc(CNC(=O)c2cccc(Nc3ncccn3)c2)ccc1F. The van der Waals surface area contributed by atoms with Gasteiger partial charge in [-0.3, -0.25) is 4.79 Å². The van der Waals surface area contributed by atoms with Gasteiger partial charge in [-0.2, -0.15) is 0 Å². The molecule has 3 aromatic rings. The van der Waals surface area contributed by atoms with Crippen LogP contribution >= 0.6 is 0 Å². The van der Waals surface area contributed by atoms with Gasteiger partial charge in [-0.1, -0.05) is 18.2 Å². The largest absolute Gasteiger partial charge is 0.348 e. The highest BCUT2D eigenvalue weighted by molar-refractivity contribution is 5.95. The Morgan fingerprint density at radius 3 is 2.64 bits per heavy atom. The van der Waals surface area contributed by atoms with E-state index in [2.05, 4.69) is 20.6 Å². The van der Waals surface area contributed by atoms with Crippen molar-refractivity contribution in [2.75, 3.05) is 5.32 Å². The highest BCUT2D eigenvalue weighted by Gasteiger charge is 2.07. The highest BCUT2D eigenvalue weighted by atomic mass is 19.1. The number of carbonyl (C=O) groups excluding carboxylic acids is 1. The third-order valence-electron chi connectivity index (χ3n) is 3.62. The van der Waals surface area contributed by atoms with Crippen LogP contribution in [0.25, 0.3) is 0 Å². The van der Waals surface area contributed by atoms with E-state index >= 15 is 0 Å². The molecule has 5 nitrogen and oxygen atoms in total. The van der Waals surface area contributed by atoms with Crippen molar-refractivity contribution in [3.63, 3.8) is 0 Å². The molecule has 0 aliphatic rings. The summed E-state index contributed by atoms with van der Waals surface area (Å²) in [4.78, 5) is 20.5. The van der Waals surface area contributed by atoms with Gasteiger partial charge in [0.1, 0.15) is 5.82 Å². The number of aromatic nitrogens is 2. The number of halogens is 1. The molecule has 3 rings (SSSR count). The first-order valence-corrected chi connectivity index (χ1v) is 7.79. The molecule has 0 saturated heterocycles. The van der Waals surface area contributed by atoms with Crippen LogP contribution in [-0.2, 0) is 6.54 Å². The Kier molecular flexibility index (Phi) is 4.99. The van der Waals surface area contributed by atoms with Gasteiger partial charge in [-0.05, 0) is 48.4 Å². The number of hydrogen-bond donors (Lipinski definition) is 2. The van der Waals surface area contributed by atoms with E-state index < -0.39 is 0 Å². The average Bonchev–Trinajstić information content (AvgIpc) is 2.63. The molecule has 0 bridgehead atoms. The number of nitrogens with one attached hydrogen (secondary N) is 2. The molecule has 0 spiro atoms. The molecule has 0 saturated carbocycles. The van der Waals surface area contributed by atoms with Crippen molar-refractivity contribution in [3.05, 3.63) is 83.4 Å². The standard InChI is InChI=1S/C19H17FN4O/c1-13-10-14(6-7-17(13)20)12-23-18(25)15-4-2-5-16(11-15)24-19-21-8-3-9-22-19/h2-11H,12H2,1H3,(H,23,25)(H,21,22,24). The molecule has 1 amide bonds. The van der Waals surface area contributed by atoms with Crippen LogP contribution in [0, 0.1) is 12.7 Å². The van der Waals surface area contributed by atoms with Crippen LogP contribution < -0.4 is 10.6 Å². The Morgan fingerprint density at radius 2 is 1.88 bits per heavy atom. The fourth-order valence-corrected chi connectivity index (χ4v) is 2.33. The Balaban J connectivity index is 1.65. The predicted octanol–water partition coefficient (Wildman–Crippen LogP) is 3.60. The summed E-state index contributed by atoms with van der Waals surface area (Å²) in [5.41, 5.74) is 2.64. The van der Waals surface area contributed by atoms with Crippen molar-refractivity contribution in [1.82, 2.24) is 15.3 Å². The van der Waals surface area contributed by atoms with Gasteiger partial charge in [-0.15, -0.1) is 0 Å². The fraction of sp³-hybridized carbons (Fsp3) is 0.105. The third-order valence-corrected chi connectivity index (χ3v) is 3.62. The number of benzene rings is 2. The second-order valence-electron chi connectivity index (χ2n) is 5.54. The van der Waals surface area contributed by atoms with Gasteiger partial charge < -0.3 is 10.6 Å². The predicted molar refractivity (Wildman–Crippen MR) is 94.1 cm³/mol. The van der Waals surface area contributed by atoms with Gasteiger partial charge in [-0.25, -0.2) is 14.4 Å². The minimum absolute atomic E-state index is 0.209. The molecule has 0 aliphatic carbocycles. The summed E-state index contributed by atoms with van der Waals surface area (Å²) in [6.45, 7) is 2.03. The van der Waals surface area contributed by atoms with Crippen LogP contribution in [0.3, 0.4) is 0 Å². The minimum Gasteiger partial charge on any atom is -0.348 e. The summed E-state index contributed by atoms with van der Waals surface area (Å²) < 4.78 is 13.3. The van der Waals surface area contributed by atoms with Crippen LogP contribution in [0.2, 0.25) is 0 Å². The monoisotopic (exact) mass is 336 g/mol. The first-order valence-electron chi connectivity index (χ1n) is 7.79. The van der Waals surface area contributed by atoms with Gasteiger partial charge in [0, 0.05) is 30.2 Å². The van der Waals surface area contributed by atoms with E-state index in [4.69, 9.17) is 0 Å². The van der Waals surface area contributed by atoms with E-state index in [-0.39, 0.29) is 11.7 Å². The molecule has 0 fully saturated rings. The first kappa shape index (κ1) is 16.6. The van der Waals surface area contributed by atoms with Gasteiger partial charge in [0.15, 0.2) is 0 Å². The lowest BCUT2D eigenvalue weighted by molar-refractivity contribution is 0.0951. The van der Waals surface area contributed by atoms with E-state index in [1.165, 1.54) is 6.07 Å². The van der Waals surface area contributed by atoms with Crippen molar-refractivity contribution >= 4 is 17.5 Å². The van der Waals surface area contributed by atoms with Gasteiger partial charge >= 0.3 is 0 Å². The lowest BCUT2D eigenvalue weighted by Gasteiger charge is -2.09. The molecule has 0 radical (unpaired) electrons. The molecule has 0 unspecified atom stereocenters. The second-order valence-corrected chi connectivity index (χ2v) is 5.54. The van der Waals surface area contributed by atoms with Crippen molar-refractivity contribution in [3.8, 4) is 0 Å². The number of carbonyl (C=O) groups is 1. The first-order chi connectivity index (χ1) is 12.1. The zero-order valence-electron chi connectivity index (χ0n) is 13.7. The quantitative estimate of drug-likeness (QED) is 0.747. The molecule has 25 heavy (non-hydrogen) atoms. The number of hydrogen-bond acceptors (Lipinski definition) is 4. The lowest BCUT2D eigenvalue weighted by Crippen LogP contribution is -2.22. The van der Waals surface area contributed by atoms with E-state index in [9.17, 15) is 9.18 Å². The van der Waals surface area contributed by atoms with E-state index in [0.717, 1.165) is 11.3 Å². The number of anilines is 2. The molecule has 0 aliphatic heterocycles. The van der Waals surface area contributed by atoms with Crippen molar-refractivity contribution in [1.29, 1.82) is 0 Å². The second kappa shape index (κ2) is 7.53. The number of amides is 1. The van der Waals surface area contributed by atoms with Crippen LogP contribution in [0.5, 0.6) is 0 Å². The van der Waals surface area contributed by atoms with Crippen molar-refractivity contribution < 1.29 is 9.18 Å². The molecule has 1 heterocycles. The van der Waals surface area contributed by atoms with Crippen molar-refractivity contribution in [2.45, 2.75) is 13.5 Å². The normalized spacial score (nSPS) is 10.3. The Labute approximate surface area is 145 Å². The van der Waals surface area contributed by atoms with E-state index in [1.54, 1.807) is 55.7 Å². The molecule has 2 aromatic carbocycles. The summed E-state index contributed by atoms with van der Waals surface area (Å²) in [7, 11) is 0. The molecule has 2 N–H and O–H groups in total. The number of nitrogens with zero attached hydrogens (tertiary/aromatic N) is 2. The smallest absolute Gasteiger partial charge is 0.251 e. The maximum absolute atomic E-state index is 13.3. The van der Waals surface area contributed by atoms with Gasteiger partial charge in [0.05, 0.1) is 0 Å². The summed E-state index contributed by atoms with van der Waals surface area (Å²) in [5.74, 6) is -0.00145. The van der Waals surface area contributed by atoms with Gasteiger partial charge in [0.25, 0.3) is 5.91 Å². The Bertz CT molecular complexity index is 884. The molecule has 126 valence electrons. The van der Waals surface area contributed by atoms with Crippen LogP contribution in [0.1, 0.15) is 21.5 Å². The van der Waals surface area contributed by atoms with Crippen molar-refractivity contribution in [2.24, 2.45) is 0 Å². The van der Waals surface area contributed by atoms with Gasteiger partial charge in [0.2, 0.25) is 5.95 Å². The lowest BCUT2D eigenvalue weighted by atomic mass is 10.1. The maximum atomic E-state index is 13.3. The zero-order valence-corrected chi connectivity index (χ0v) is 13.7. The summed E-state index contributed by atoms with van der Waals surface area (Å²) in [6, 6.07) is 13.6. The molecule has 0 atom stereocenters. The summed E-state index contributed by atoms with van der Waals surface area (Å²) >= 11 is 0. The van der Waals surface area contributed by atoms with E-state index in [0.29, 0.717) is 23.6 Å². The average molecular weight is 336 g/mol. The molecular formula is C19H17FN4O. The van der Waals surface area contributed by atoms with Crippen LogP contribution in [-0.4, -0.2) is 15.9 Å². The number of rotatable bonds is 5. The van der Waals surface area contributed by atoms with E-state index in [1.807, 2.05) is 6.07 Å². The number of aryl methyl sites for hydroxylation is 1. The maximum Gasteiger partial charge on any atom is 0.251 e.